The van der Waals surface area contributed by atoms with E-state index in [-0.39, 0.29) is 31.5 Å². The number of carbonyl (C=O) groups is 2. The summed E-state index contributed by atoms with van der Waals surface area (Å²) in [5.74, 6) is -1.12. The zero-order valence-corrected chi connectivity index (χ0v) is 19.7. The van der Waals surface area contributed by atoms with Crippen LogP contribution in [0.5, 0.6) is 0 Å². The zero-order chi connectivity index (χ0) is 25.4. The molecule has 2 aliphatic heterocycles. The molecule has 3 aliphatic rings. The average Bonchev–Trinajstić information content (AvgIpc) is 3.37. The fourth-order valence-corrected chi connectivity index (χ4v) is 5.01. The number of hydrogen-bond donors (Lipinski definition) is 2. The predicted molar refractivity (Wildman–Crippen MR) is 121 cm³/mol. The summed E-state index contributed by atoms with van der Waals surface area (Å²) in [7, 11) is 1.86. The lowest BCUT2D eigenvalue weighted by Gasteiger charge is -2.31. The minimum atomic E-state index is -4.18. The average molecular weight is 498 g/mol. The van der Waals surface area contributed by atoms with E-state index in [1.165, 1.54) is 4.90 Å². The molecule has 0 radical (unpaired) electrons. The largest absolute Gasteiger partial charge is 0.480 e. The number of aromatic nitrogens is 1. The maximum Gasteiger partial charge on any atom is 0.411 e. The van der Waals surface area contributed by atoms with Crippen molar-refractivity contribution >= 4 is 23.7 Å². The summed E-state index contributed by atoms with van der Waals surface area (Å²) < 4.78 is 44.9. The van der Waals surface area contributed by atoms with Crippen LogP contribution in [0.25, 0.3) is 0 Å². The zero-order valence-electron chi connectivity index (χ0n) is 19.7. The minimum absolute atomic E-state index is 0.0308. The van der Waals surface area contributed by atoms with Crippen LogP contribution in [0, 0.1) is 5.92 Å². The van der Waals surface area contributed by atoms with Gasteiger partial charge < -0.3 is 20.1 Å². The van der Waals surface area contributed by atoms with Gasteiger partial charge in [-0.1, -0.05) is 6.92 Å². The van der Waals surface area contributed by atoms with Gasteiger partial charge in [0.1, 0.15) is 23.8 Å². The minimum Gasteiger partial charge on any atom is -0.480 e. The SMILES string of the molecule is CCC1(CCN(C)c2ccc(C3=NC4CCC(C(F)(F)F)CC4N3)cn2)CN(CC(=O)O)C(=O)O1. The van der Waals surface area contributed by atoms with Crippen LogP contribution in [-0.4, -0.2) is 83.4 Å². The van der Waals surface area contributed by atoms with Crippen molar-refractivity contribution in [3.8, 4) is 0 Å². The van der Waals surface area contributed by atoms with Crippen LogP contribution >= 0.6 is 0 Å². The number of carbonyl (C=O) groups excluding carboxylic acids is 1. The number of amides is 1. The Hall–Kier alpha value is -3.05. The Balaban J connectivity index is 1.34. The Morgan fingerprint density at radius 1 is 1.37 bits per heavy atom. The van der Waals surface area contributed by atoms with Crippen LogP contribution in [0.1, 0.15) is 44.6 Å². The third-order valence-corrected chi connectivity index (χ3v) is 7.22. The number of carboxylic acids is 1. The van der Waals surface area contributed by atoms with E-state index in [0.29, 0.717) is 37.5 Å². The quantitative estimate of drug-likeness (QED) is 0.569. The Morgan fingerprint density at radius 2 is 2.14 bits per heavy atom. The van der Waals surface area contributed by atoms with Crippen LogP contribution < -0.4 is 10.2 Å². The summed E-state index contributed by atoms with van der Waals surface area (Å²) in [5.41, 5.74) is -0.0347. The molecule has 0 aromatic carbocycles. The number of aliphatic carboxylic acids is 1. The topological polar surface area (TPSA) is 107 Å². The van der Waals surface area contributed by atoms with Crippen molar-refractivity contribution < 1.29 is 32.6 Å². The Labute approximate surface area is 201 Å². The lowest BCUT2D eigenvalue weighted by molar-refractivity contribution is -0.183. The maximum absolute atomic E-state index is 13.1. The lowest BCUT2D eigenvalue weighted by atomic mass is 9.83. The molecule has 1 saturated carbocycles. The van der Waals surface area contributed by atoms with Gasteiger partial charge in [0.2, 0.25) is 0 Å². The van der Waals surface area contributed by atoms with Crippen LogP contribution in [0.4, 0.5) is 23.8 Å². The first-order valence-electron chi connectivity index (χ1n) is 11.8. The van der Waals surface area contributed by atoms with E-state index in [1.807, 2.05) is 31.0 Å². The monoisotopic (exact) mass is 497 g/mol. The van der Waals surface area contributed by atoms with Gasteiger partial charge in [-0.05, 0) is 37.8 Å². The van der Waals surface area contributed by atoms with E-state index in [4.69, 9.17) is 9.84 Å². The maximum atomic E-state index is 13.1. The van der Waals surface area contributed by atoms with Gasteiger partial charge in [0.15, 0.2) is 0 Å². The summed E-state index contributed by atoms with van der Waals surface area (Å²) in [5, 5.41) is 12.1. The fraction of sp³-hybridized carbons (Fsp3) is 0.652. The van der Waals surface area contributed by atoms with Crippen molar-refractivity contribution in [3.63, 3.8) is 0 Å². The van der Waals surface area contributed by atoms with Gasteiger partial charge in [0.25, 0.3) is 0 Å². The molecule has 0 bridgehead atoms. The second kappa shape index (κ2) is 9.54. The normalized spacial score (nSPS) is 28.3. The van der Waals surface area contributed by atoms with E-state index >= 15 is 0 Å². The number of ether oxygens (including phenoxy) is 1. The molecule has 1 amide bonds. The van der Waals surface area contributed by atoms with Crippen molar-refractivity contribution in [2.24, 2.45) is 10.9 Å². The number of aliphatic imine (C=N–C) groups is 1. The van der Waals surface area contributed by atoms with Crippen LogP contribution in [0.15, 0.2) is 23.3 Å². The van der Waals surface area contributed by atoms with E-state index in [9.17, 15) is 22.8 Å². The van der Waals surface area contributed by atoms with E-state index < -0.39 is 36.3 Å². The third-order valence-electron chi connectivity index (χ3n) is 7.22. The molecule has 0 spiro atoms. The molecule has 9 nitrogen and oxygen atoms in total. The molecular formula is C23H30F3N5O4. The molecule has 3 heterocycles. The standard InChI is InChI=1S/C23H30F3N5O4/c1-3-22(13-31(12-19(32)33)21(34)35-22)8-9-30(2)18-7-4-14(11-27-18)20-28-16-6-5-15(23(24,25)26)10-17(16)29-20/h4,7,11,15-17H,3,5-6,8-10,12-13H2,1-2H3,(H,28,29)(H,32,33). The highest BCUT2D eigenvalue weighted by atomic mass is 19.4. The molecule has 192 valence electrons. The van der Waals surface area contributed by atoms with Gasteiger partial charge in [-0.15, -0.1) is 0 Å². The molecule has 1 aliphatic carbocycles. The number of cyclic esters (lactones) is 1. The number of carboxylic acid groups (broad SMARTS) is 1. The highest BCUT2D eigenvalue weighted by molar-refractivity contribution is 6.00. The van der Waals surface area contributed by atoms with Gasteiger partial charge in [0.05, 0.1) is 24.5 Å². The first kappa shape index (κ1) is 25.1. The lowest BCUT2D eigenvalue weighted by Crippen LogP contribution is -2.43. The van der Waals surface area contributed by atoms with E-state index in [2.05, 4.69) is 15.3 Å². The predicted octanol–water partition coefficient (Wildman–Crippen LogP) is 3.04. The molecule has 35 heavy (non-hydrogen) atoms. The number of nitrogens with one attached hydrogen (secondary N) is 1. The van der Waals surface area contributed by atoms with Crippen LogP contribution in [-0.2, 0) is 9.53 Å². The van der Waals surface area contributed by atoms with Crippen molar-refractivity contribution in [1.82, 2.24) is 15.2 Å². The van der Waals surface area contributed by atoms with Crippen molar-refractivity contribution in [2.75, 3.05) is 31.6 Å². The molecule has 12 heteroatoms. The number of halogens is 3. The number of fused-ring (bicyclic) bond motifs is 1. The van der Waals surface area contributed by atoms with Crippen molar-refractivity contribution in [3.05, 3.63) is 23.9 Å². The van der Waals surface area contributed by atoms with E-state index in [0.717, 1.165) is 5.56 Å². The van der Waals surface area contributed by atoms with Gasteiger partial charge in [0, 0.05) is 31.8 Å². The van der Waals surface area contributed by atoms with Crippen molar-refractivity contribution in [2.45, 2.75) is 62.9 Å². The van der Waals surface area contributed by atoms with Gasteiger partial charge in [-0.2, -0.15) is 13.2 Å². The van der Waals surface area contributed by atoms with Gasteiger partial charge in [-0.3, -0.25) is 14.7 Å². The number of hydrogen-bond acceptors (Lipinski definition) is 7. The van der Waals surface area contributed by atoms with Crippen LogP contribution in [0.2, 0.25) is 0 Å². The number of amidine groups is 1. The molecule has 4 atom stereocenters. The Morgan fingerprint density at radius 3 is 2.77 bits per heavy atom. The van der Waals surface area contributed by atoms with Gasteiger partial charge >= 0.3 is 18.2 Å². The van der Waals surface area contributed by atoms with E-state index in [1.54, 1.807) is 6.20 Å². The molecule has 1 aromatic rings. The highest BCUT2D eigenvalue weighted by Crippen LogP contribution is 2.40. The third kappa shape index (κ3) is 5.46. The van der Waals surface area contributed by atoms with Gasteiger partial charge in [-0.25, -0.2) is 9.78 Å². The number of nitrogens with zero attached hydrogens (tertiary/aromatic N) is 4. The second-order valence-electron chi connectivity index (χ2n) is 9.58. The summed E-state index contributed by atoms with van der Waals surface area (Å²) in [4.78, 5) is 35.2. The summed E-state index contributed by atoms with van der Waals surface area (Å²) in [6.07, 6.45) is -1.54. The molecule has 4 rings (SSSR count). The molecule has 2 fully saturated rings. The molecule has 4 unspecified atom stereocenters. The summed E-state index contributed by atoms with van der Waals surface area (Å²) in [6.45, 7) is 2.25. The molecular weight excluding hydrogens is 467 g/mol. The Bertz CT molecular complexity index is 986. The summed E-state index contributed by atoms with van der Waals surface area (Å²) in [6, 6.07) is 3.19. The smallest absolute Gasteiger partial charge is 0.411 e. The molecule has 2 N–H and O–H groups in total. The summed E-state index contributed by atoms with van der Waals surface area (Å²) >= 11 is 0. The number of alkyl halides is 3. The molecule has 1 aromatic heterocycles. The number of pyridine rings is 1. The number of anilines is 1. The van der Waals surface area contributed by atoms with Crippen molar-refractivity contribution in [1.29, 1.82) is 0 Å². The first-order chi connectivity index (χ1) is 16.5. The second-order valence-corrected chi connectivity index (χ2v) is 9.58. The first-order valence-corrected chi connectivity index (χ1v) is 11.8. The fourth-order valence-electron chi connectivity index (χ4n) is 5.01. The Kier molecular flexibility index (Phi) is 6.83. The molecule has 1 saturated heterocycles. The highest BCUT2D eigenvalue weighted by Gasteiger charge is 2.47. The number of rotatable bonds is 8. The van der Waals surface area contributed by atoms with Crippen LogP contribution in [0.3, 0.4) is 0 Å².